The van der Waals surface area contributed by atoms with Crippen molar-refractivity contribution in [1.82, 2.24) is 15.2 Å². The molecule has 1 fully saturated rings. The third-order valence-corrected chi connectivity index (χ3v) is 4.75. The van der Waals surface area contributed by atoms with Gasteiger partial charge < -0.3 is 10.1 Å². The molecule has 0 radical (unpaired) electrons. The van der Waals surface area contributed by atoms with Crippen LogP contribution in [0.3, 0.4) is 0 Å². The van der Waals surface area contributed by atoms with Crippen LogP contribution in [0.2, 0.25) is 5.02 Å². The zero-order chi connectivity index (χ0) is 18.1. The second-order valence-corrected chi connectivity index (χ2v) is 6.71. The molecule has 3 aromatic rings. The summed E-state index contributed by atoms with van der Waals surface area (Å²) < 4.78 is 5.40. The Hall–Kier alpha value is -2.57. The quantitative estimate of drug-likeness (QED) is 0.761. The topological polar surface area (TPSA) is 77.0 Å². The number of amides is 1. The van der Waals surface area contributed by atoms with Crippen LogP contribution in [-0.2, 0) is 9.53 Å². The van der Waals surface area contributed by atoms with Crippen molar-refractivity contribution in [3.05, 3.63) is 47.2 Å². The molecule has 4 rings (SSSR count). The number of aryl methyl sites for hydroxylation is 1. The Labute approximate surface area is 155 Å². The van der Waals surface area contributed by atoms with Crippen LogP contribution in [-0.4, -0.2) is 33.8 Å². The molecular weight excluding hydrogens is 352 g/mol. The lowest BCUT2D eigenvalue weighted by atomic mass is 10.0. The Bertz CT molecular complexity index is 986. The van der Waals surface area contributed by atoms with Gasteiger partial charge in [0.25, 0.3) is 5.91 Å². The summed E-state index contributed by atoms with van der Waals surface area (Å²) in [6.07, 6.45) is 4.77. The number of ether oxygens (including phenoxy) is 1. The predicted octanol–water partition coefficient (Wildman–Crippen LogP) is 3.77. The number of nitrogens with one attached hydrogen (secondary N) is 1. The van der Waals surface area contributed by atoms with E-state index in [1.807, 2.05) is 31.3 Å². The van der Waals surface area contributed by atoms with E-state index in [4.69, 9.17) is 16.3 Å². The number of carbonyl (C=O) groups is 1. The number of rotatable bonds is 3. The van der Waals surface area contributed by atoms with E-state index in [0.717, 1.165) is 34.9 Å². The van der Waals surface area contributed by atoms with E-state index in [-0.39, 0.29) is 5.91 Å². The molecule has 1 saturated heterocycles. The van der Waals surface area contributed by atoms with Crippen molar-refractivity contribution in [2.45, 2.75) is 25.9 Å². The standard InChI is InChI=1S/C19H17ClN4O2/c1-11-4-5-21-10-14(11)12-7-13-9-17(23-24-18(13)15(20)8-12)22-19(25)16-3-2-6-26-16/h4-5,7-10,16H,2-3,6H2,1H3,(H,22,23,25). The molecule has 3 heterocycles. The molecule has 1 aromatic carbocycles. The minimum absolute atomic E-state index is 0.193. The molecule has 7 heteroatoms. The van der Waals surface area contributed by atoms with Gasteiger partial charge in [0.2, 0.25) is 0 Å². The minimum atomic E-state index is -0.416. The highest BCUT2D eigenvalue weighted by molar-refractivity contribution is 6.35. The number of aromatic nitrogens is 3. The Morgan fingerprint density at radius 3 is 2.96 bits per heavy atom. The maximum Gasteiger partial charge on any atom is 0.254 e. The van der Waals surface area contributed by atoms with Crippen molar-refractivity contribution in [1.29, 1.82) is 0 Å². The van der Waals surface area contributed by atoms with Crippen LogP contribution in [0.1, 0.15) is 18.4 Å². The van der Waals surface area contributed by atoms with Gasteiger partial charge in [-0.3, -0.25) is 9.78 Å². The second kappa shape index (κ2) is 6.97. The monoisotopic (exact) mass is 368 g/mol. The molecule has 1 aliphatic rings. The average molecular weight is 369 g/mol. The molecule has 1 aliphatic heterocycles. The zero-order valence-electron chi connectivity index (χ0n) is 14.2. The first-order valence-corrected chi connectivity index (χ1v) is 8.80. The van der Waals surface area contributed by atoms with Crippen LogP contribution in [0.15, 0.2) is 36.7 Å². The molecule has 0 saturated carbocycles. The highest BCUT2D eigenvalue weighted by atomic mass is 35.5. The number of fused-ring (bicyclic) bond motifs is 1. The maximum absolute atomic E-state index is 12.2. The van der Waals surface area contributed by atoms with Crippen molar-refractivity contribution < 1.29 is 9.53 Å². The first kappa shape index (κ1) is 16.9. The van der Waals surface area contributed by atoms with Crippen molar-refractivity contribution in [2.24, 2.45) is 0 Å². The largest absolute Gasteiger partial charge is 0.368 e. The van der Waals surface area contributed by atoms with Gasteiger partial charge in [-0.25, -0.2) is 0 Å². The zero-order valence-corrected chi connectivity index (χ0v) is 15.0. The smallest absolute Gasteiger partial charge is 0.254 e. The summed E-state index contributed by atoms with van der Waals surface area (Å²) in [5, 5.41) is 12.3. The first-order chi connectivity index (χ1) is 12.6. The second-order valence-electron chi connectivity index (χ2n) is 6.31. The summed E-state index contributed by atoms with van der Waals surface area (Å²) in [4.78, 5) is 16.4. The summed E-state index contributed by atoms with van der Waals surface area (Å²) in [5.41, 5.74) is 3.63. The molecule has 0 aliphatic carbocycles. The van der Waals surface area contributed by atoms with E-state index in [1.54, 1.807) is 12.3 Å². The van der Waals surface area contributed by atoms with Crippen LogP contribution in [0.4, 0.5) is 5.82 Å². The van der Waals surface area contributed by atoms with Gasteiger partial charge in [0.1, 0.15) is 11.6 Å². The molecule has 26 heavy (non-hydrogen) atoms. The fourth-order valence-electron chi connectivity index (χ4n) is 3.09. The van der Waals surface area contributed by atoms with E-state index in [1.165, 1.54) is 0 Å². The fourth-order valence-corrected chi connectivity index (χ4v) is 3.35. The van der Waals surface area contributed by atoms with Crippen molar-refractivity contribution in [3.8, 4) is 11.1 Å². The van der Waals surface area contributed by atoms with E-state index in [9.17, 15) is 4.79 Å². The highest BCUT2D eigenvalue weighted by Crippen LogP contribution is 2.31. The normalized spacial score (nSPS) is 16.8. The van der Waals surface area contributed by atoms with E-state index in [0.29, 0.717) is 23.0 Å². The number of carbonyl (C=O) groups excluding carboxylic acids is 1. The Morgan fingerprint density at radius 2 is 2.19 bits per heavy atom. The Balaban J connectivity index is 1.70. The summed E-state index contributed by atoms with van der Waals surface area (Å²) in [7, 11) is 0. The van der Waals surface area contributed by atoms with Gasteiger partial charge in [0, 0.05) is 30.0 Å². The molecule has 1 unspecified atom stereocenters. The molecule has 132 valence electrons. The minimum Gasteiger partial charge on any atom is -0.368 e. The van der Waals surface area contributed by atoms with E-state index >= 15 is 0 Å². The number of anilines is 1. The number of benzene rings is 1. The van der Waals surface area contributed by atoms with Crippen molar-refractivity contribution >= 4 is 34.2 Å². The average Bonchev–Trinajstić information content (AvgIpc) is 3.16. The van der Waals surface area contributed by atoms with Crippen LogP contribution >= 0.6 is 11.6 Å². The van der Waals surface area contributed by atoms with Gasteiger partial charge in [-0.05, 0) is 55.2 Å². The van der Waals surface area contributed by atoms with E-state index < -0.39 is 6.10 Å². The van der Waals surface area contributed by atoms with E-state index in [2.05, 4.69) is 20.5 Å². The SMILES string of the molecule is Cc1ccncc1-c1cc(Cl)c2nnc(NC(=O)C3CCCO3)cc2c1. The maximum atomic E-state index is 12.2. The fraction of sp³-hybridized carbons (Fsp3) is 0.263. The summed E-state index contributed by atoms with van der Waals surface area (Å²) >= 11 is 6.40. The lowest BCUT2D eigenvalue weighted by Crippen LogP contribution is -2.27. The number of hydrogen-bond acceptors (Lipinski definition) is 5. The van der Waals surface area contributed by atoms with Gasteiger partial charge in [-0.15, -0.1) is 10.2 Å². The Morgan fingerprint density at radius 1 is 1.31 bits per heavy atom. The summed E-state index contributed by atoms with van der Waals surface area (Å²) in [5.74, 6) is 0.190. The first-order valence-electron chi connectivity index (χ1n) is 8.42. The number of hydrogen-bond donors (Lipinski definition) is 1. The molecule has 6 nitrogen and oxygen atoms in total. The third kappa shape index (κ3) is 3.25. The Kier molecular flexibility index (Phi) is 4.53. The van der Waals surface area contributed by atoms with Crippen LogP contribution < -0.4 is 5.32 Å². The van der Waals surface area contributed by atoms with Crippen LogP contribution in [0.25, 0.3) is 22.0 Å². The van der Waals surface area contributed by atoms with Crippen LogP contribution in [0.5, 0.6) is 0 Å². The van der Waals surface area contributed by atoms with Gasteiger partial charge in [-0.2, -0.15) is 0 Å². The molecule has 2 aromatic heterocycles. The molecular formula is C19H17ClN4O2. The molecule has 0 bridgehead atoms. The van der Waals surface area contributed by atoms with Crippen molar-refractivity contribution in [2.75, 3.05) is 11.9 Å². The predicted molar refractivity (Wildman–Crippen MR) is 100 cm³/mol. The summed E-state index contributed by atoms with van der Waals surface area (Å²) in [6, 6.07) is 7.55. The highest BCUT2D eigenvalue weighted by Gasteiger charge is 2.24. The lowest BCUT2D eigenvalue weighted by molar-refractivity contribution is -0.124. The van der Waals surface area contributed by atoms with Gasteiger partial charge >= 0.3 is 0 Å². The molecule has 0 spiro atoms. The number of halogens is 1. The number of pyridine rings is 1. The van der Waals surface area contributed by atoms with Gasteiger partial charge in [0.05, 0.1) is 5.02 Å². The molecule has 1 N–H and O–H groups in total. The summed E-state index contributed by atoms with van der Waals surface area (Å²) in [6.45, 7) is 2.64. The van der Waals surface area contributed by atoms with Crippen LogP contribution in [0, 0.1) is 6.92 Å². The lowest BCUT2D eigenvalue weighted by Gasteiger charge is -2.11. The van der Waals surface area contributed by atoms with Crippen molar-refractivity contribution in [3.63, 3.8) is 0 Å². The third-order valence-electron chi connectivity index (χ3n) is 4.47. The number of nitrogens with zero attached hydrogens (tertiary/aromatic N) is 3. The molecule has 1 amide bonds. The van der Waals surface area contributed by atoms with Gasteiger partial charge in [0.15, 0.2) is 5.82 Å². The molecule has 1 atom stereocenters. The van der Waals surface area contributed by atoms with Gasteiger partial charge in [-0.1, -0.05) is 11.6 Å².